The molecule has 5 rings (SSSR count). The van der Waals surface area contributed by atoms with Gasteiger partial charge in [0.05, 0.1) is 22.4 Å². The minimum Gasteiger partial charge on any atom is -0.365 e. The molecule has 1 aromatic carbocycles. The van der Waals surface area contributed by atoms with Gasteiger partial charge >= 0.3 is 0 Å². The molecule has 0 aliphatic carbocycles. The first-order chi connectivity index (χ1) is 15.5. The van der Waals surface area contributed by atoms with Crippen molar-refractivity contribution >= 4 is 40.5 Å². The van der Waals surface area contributed by atoms with Gasteiger partial charge in [0.2, 0.25) is 0 Å². The van der Waals surface area contributed by atoms with Crippen molar-refractivity contribution in [3.8, 4) is 11.3 Å². The van der Waals surface area contributed by atoms with E-state index in [1.165, 1.54) is 18.9 Å². The highest BCUT2D eigenvalue weighted by Crippen LogP contribution is 2.40. The van der Waals surface area contributed by atoms with Gasteiger partial charge in [-0.25, -0.2) is 9.37 Å². The SMILES string of the molecule is CC(c1c(Cl)ccc(F)c1Cl)N1CCNc2nnc(-c3ccc(N4CCCC4)nc3)cc21. The monoisotopic (exact) mass is 472 g/mol. The van der Waals surface area contributed by atoms with Crippen molar-refractivity contribution in [2.75, 3.05) is 41.3 Å². The van der Waals surface area contributed by atoms with Crippen LogP contribution in [0.3, 0.4) is 0 Å². The summed E-state index contributed by atoms with van der Waals surface area (Å²) in [6.45, 7) is 5.44. The fraction of sp³-hybridized carbons (Fsp3) is 0.348. The zero-order valence-corrected chi connectivity index (χ0v) is 19.2. The Morgan fingerprint density at radius 2 is 1.88 bits per heavy atom. The minimum absolute atomic E-state index is 0.0500. The number of rotatable bonds is 4. The molecular formula is C23H23Cl2FN6. The van der Waals surface area contributed by atoms with Gasteiger partial charge in [0.1, 0.15) is 11.6 Å². The highest BCUT2D eigenvalue weighted by Gasteiger charge is 2.28. The third kappa shape index (κ3) is 3.84. The van der Waals surface area contributed by atoms with Crippen LogP contribution in [0.25, 0.3) is 11.3 Å². The van der Waals surface area contributed by atoms with E-state index in [4.69, 9.17) is 23.2 Å². The number of hydrogen-bond acceptors (Lipinski definition) is 6. The molecule has 1 atom stereocenters. The average molecular weight is 473 g/mol. The molecule has 1 N–H and O–H groups in total. The summed E-state index contributed by atoms with van der Waals surface area (Å²) in [5, 5.41) is 12.6. The second-order valence-electron chi connectivity index (χ2n) is 8.12. The Labute approximate surface area is 196 Å². The molecule has 9 heteroatoms. The predicted octanol–water partition coefficient (Wildman–Crippen LogP) is 5.58. The van der Waals surface area contributed by atoms with E-state index in [0.29, 0.717) is 29.5 Å². The molecule has 4 heterocycles. The highest BCUT2D eigenvalue weighted by atomic mass is 35.5. The first kappa shape index (κ1) is 21.2. The zero-order chi connectivity index (χ0) is 22.2. The molecule has 1 unspecified atom stereocenters. The number of hydrogen-bond donors (Lipinski definition) is 1. The summed E-state index contributed by atoms with van der Waals surface area (Å²) in [5.41, 5.74) is 3.05. The van der Waals surface area contributed by atoms with Crippen LogP contribution in [0.1, 0.15) is 31.4 Å². The van der Waals surface area contributed by atoms with Crippen molar-refractivity contribution in [2.24, 2.45) is 0 Å². The van der Waals surface area contributed by atoms with Gasteiger partial charge in [-0.2, -0.15) is 0 Å². The Morgan fingerprint density at radius 3 is 2.62 bits per heavy atom. The van der Waals surface area contributed by atoms with Gasteiger partial charge in [-0.15, -0.1) is 10.2 Å². The van der Waals surface area contributed by atoms with Gasteiger partial charge < -0.3 is 15.1 Å². The molecular weight excluding hydrogens is 450 g/mol. The van der Waals surface area contributed by atoms with Crippen molar-refractivity contribution in [3.05, 3.63) is 58.0 Å². The van der Waals surface area contributed by atoms with Crippen molar-refractivity contribution in [1.29, 1.82) is 0 Å². The Bertz CT molecular complexity index is 1130. The summed E-state index contributed by atoms with van der Waals surface area (Å²) >= 11 is 12.7. The first-order valence-electron chi connectivity index (χ1n) is 10.8. The lowest BCUT2D eigenvalue weighted by Crippen LogP contribution is -2.37. The van der Waals surface area contributed by atoms with E-state index in [0.717, 1.165) is 35.9 Å². The fourth-order valence-corrected chi connectivity index (χ4v) is 5.12. The number of nitrogens with one attached hydrogen (secondary N) is 1. The van der Waals surface area contributed by atoms with Crippen molar-refractivity contribution in [3.63, 3.8) is 0 Å². The van der Waals surface area contributed by atoms with E-state index in [-0.39, 0.29) is 11.1 Å². The summed E-state index contributed by atoms with van der Waals surface area (Å²) in [5.74, 6) is 1.19. The zero-order valence-electron chi connectivity index (χ0n) is 17.7. The van der Waals surface area contributed by atoms with Crippen LogP contribution in [0.4, 0.5) is 21.7 Å². The molecule has 3 aromatic rings. The molecule has 0 amide bonds. The standard InChI is InChI=1S/C23H23Cl2FN6/c1-14(21-16(24)5-6-17(26)22(21)25)32-11-8-27-23-19(32)12-18(29-30-23)15-4-7-20(28-13-15)31-9-2-3-10-31/h4-7,12-14H,2-3,8-11H2,1H3,(H,27,30). The maximum atomic E-state index is 14.2. The van der Waals surface area contributed by atoms with Crippen LogP contribution < -0.4 is 15.1 Å². The van der Waals surface area contributed by atoms with Crippen LogP contribution >= 0.6 is 23.2 Å². The minimum atomic E-state index is -0.481. The molecule has 0 spiro atoms. The summed E-state index contributed by atoms with van der Waals surface area (Å²) in [7, 11) is 0. The summed E-state index contributed by atoms with van der Waals surface area (Å²) in [4.78, 5) is 9.06. The Kier molecular flexibility index (Phi) is 5.78. The van der Waals surface area contributed by atoms with E-state index < -0.39 is 5.82 Å². The van der Waals surface area contributed by atoms with Crippen LogP contribution in [-0.4, -0.2) is 41.4 Å². The molecule has 32 heavy (non-hydrogen) atoms. The van der Waals surface area contributed by atoms with Crippen LogP contribution in [-0.2, 0) is 0 Å². The third-order valence-corrected chi connectivity index (χ3v) is 6.88. The number of aromatic nitrogens is 3. The molecule has 2 aliphatic heterocycles. The smallest absolute Gasteiger partial charge is 0.172 e. The second kappa shape index (κ2) is 8.71. The van der Waals surface area contributed by atoms with Gasteiger partial charge in [0.15, 0.2) is 5.82 Å². The quantitative estimate of drug-likeness (QED) is 0.500. The van der Waals surface area contributed by atoms with Gasteiger partial charge in [0.25, 0.3) is 0 Å². The topological polar surface area (TPSA) is 57.2 Å². The van der Waals surface area contributed by atoms with E-state index in [1.807, 2.05) is 31.3 Å². The molecule has 2 aromatic heterocycles. The Hall–Kier alpha value is -2.64. The van der Waals surface area contributed by atoms with E-state index >= 15 is 0 Å². The van der Waals surface area contributed by atoms with Gasteiger partial charge in [-0.3, -0.25) is 0 Å². The van der Waals surface area contributed by atoms with Crippen molar-refractivity contribution in [1.82, 2.24) is 15.2 Å². The molecule has 1 fully saturated rings. The van der Waals surface area contributed by atoms with Crippen LogP contribution in [0.5, 0.6) is 0 Å². The molecule has 2 aliphatic rings. The normalized spacial score (nSPS) is 16.6. The lowest BCUT2D eigenvalue weighted by atomic mass is 10.0. The molecule has 0 saturated carbocycles. The van der Waals surface area contributed by atoms with E-state index in [1.54, 1.807) is 6.07 Å². The lowest BCUT2D eigenvalue weighted by molar-refractivity contribution is 0.614. The van der Waals surface area contributed by atoms with E-state index in [2.05, 4.69) is 30.3 Å². The largest absolute Gasteiger partial charge is 0.365 e. The third-order valence-electron chi connectivity index (χ3n) is 6.17. The van der Waals surface area contributed by atoms with Gasteiger partial charge in [-0.1, -0.05) is 23.2 Å². The maximum Gasteiger partial charge on any atom is 0.172 e. The second-order valence-corrected chi connectivity index (χ2v) is 8.90. The van der Waals surface area contributed by atoms with Crippen LogP contribution in [0.15, 0.2) is 36.5 Å². The first-order valence-corrected chi connectivity index (χ1v) is 11.5. The number of benzene rings is 1. The predicted molar refractivity (Wildman–Crippen MR) is 127 cm³/mol. The van der Waals surface area contributed by atoms with E-state index in [9.17, 15) is 4.39 Å². The molecule has 0 bridgehead atoms. The number of pyridine rings is 1. The Morgan fingerprint density at radius 1 is 1.06 bits per heavy atom. The maximum absolute atomic E-state index is 14.2. The summed E-state index contributed by atoms with van der Waals surface area (Å²) in [6.07, 6.45) is 4.26. The highest BCUT2D eigenvalue weighted by molar-refractivity contribution is 6.36. The lowest BCUT2D eigenvalue weighted by Gasteiger charge is -2.36. The molecule has 6 nitrogen and oxygen atoms in total. The molecule has 0 radical (unpaired) electrons. The van der Waals surface area contributed by atoms with Gasteiger partial charge in [-0.05, 0) is 50.1 Å². The number of halogens is 3. The van der Waals surface area contributed by atoms with Crippen molar-refractivity contribution < 1.29 is 4.39 Å². The van der Waals surface area contributed by atoms with Gasteiger partial charge in [0, 0.05) is 48.5 Å². The number of anilines is 3. The summed E-state index contributed by atoms with van der Waals surface area (Å²) in [6, 6.07) is 8.63. The van der Waals surface area contributed by atoms with Crippen molar-refractivity contribution in [2.45, 2.75) is 25.8 Å². The van der Waals surface area contributed by atoms with Crippen LogP contribution in [0.2, 0.25) is 10.0 Å². The molecule has 166 valence electrons. The molecule has 1 saturated heterocycles. The fourth-order valence-electron chi connectivity index (χ4n) is 4.44. The number of fused-ring (bicyclic) bond motifs is 1. The average Bonchev–Trinajstić information content (AvgIpc) is 3.36. The number of nitrogens with zero attached hydrogens (tertiary/aromatic N) is 5. The Balaban J connectivity index is 1.48. The van der Waals surface area contributed by atoms with Crippen LogP contribution in [0, 0.1) is 5.82 Å². The summed E-state index contributed by atoms with van der Waals surface area (Å²) < 4.78 is 14.2.